The molecule has 2 aliphatic rings. The maximum atomic E-state index is 14.3. The van der Waals surface area contributed by atoms with E-state index in [9.17, 15) is 13.6 Å². The van der Waals surface area contributed by atoms with Crippen LogP contribution in [0.25, 0.3) is 0 Å². The van der Waals surface area contributed by atoms with Crippen molar-refractivity contribution in [3.8, 4) is 0 Å². The number of anilines is 1. The first kappa shape index (κ1) is 15.8. The van der Waals surface area contributed by atoms with Gasteiger partial charge in [0.2, 0.25) is 0 Å². The molecular weight excluding hydrogens is 324 g/mol. The molecule has 3 atom stereocenters. The molecule has 0 fully saturated rings. The lowest BCUT2D eigenvalue weighted by atomic mass is 9.77. The monoisotopic (exact) mass is 341 g/mol. The number of carbonyl (C=O) groups excluding carboxylic acids is 1. The van der Waals surface area contributed by atoms with E-state index in [1.807, 2.05) is 18.2 Å². The highest BCUT2D eigenvalue weighted by Crippen LogP contribution is 2.50. The Hall–Kier alpha value is -2.69. The summed E-state index contributed by atoms with van der Waals surface area (Å²) >= 11 is 0. The van der Waals surface area contributed by atoms with Crippen LogP contribution in [0, 0.1) is 17.6 Å². The molecule has 4 rings (SSSR count). The van der Waals surface area contributed by atoms with Gasteiger partial charge >= 0.3 is 5.97 Å². The van der Waals surface area contributed by atoms with Crippen molar-refractivity contribution in [1.29, 1.82) is 0 Å². The minimum atomic E-state index is -0.579. The fourth-order valence-electron chi connectivity index (χ4n) is 3.90. The molecule has 0 spiro atoms. The van der Waals surface area contributed by atoms with Crippen LogP contribution in [-0.2, 0) is 4.74 Å². The Labute approximate surface area is 144 Å². The Kier molecular flexibility index (Phi) is 3.79. The SMILES string of the molecule is COC(=O)c1ccc([C@@H]2Nc3c(F)cc(F)cc3[C@@H]3C=CC[C@H]32)cc1. The van der Waals surface area contributed by atoms with Gasteiger partial charge in [0, 0.05) is 12.0 Å². The summed E-state index contributed by atoms with van der Waals surface area (Å²) in [4.78, 5) is 11.6. The smallest absolute Gasteiger partial charge is 0.337 e. The van der Waals surface area contributed by atoms with Crippen LogP contribution in [0.4, 0.5) is 14.5 Å². The molecule has 0 amide bonds. The maximum absolute atomic E-state index is 14.3. The summed E-state index contributed by atoms with van der Waals surface area (Å²) in [6, 6.07) is 9.32. The third kappa shape index (κ3) is 2.60. The van der Waals surface area contributed by atoms with Crippen molar-refractivity contribution in [2.45, 2.75) is 18.4 Å². The molecule has 0 radical (unpaired) electrons. The minimum absolute atomic E-state index is 0.0215. The van der Waals surface area contributed by atoms with Crippen molar-refractivity contribution < 1.29 is 18.3 Å². The molecule has 1 heterocycles. The first-order valence-electron chi connectivity index (χ1n) is 8.19. The van der Waals surface area contributed by atoms with E-state index in [-0.39, 0.29) is 17.9 Å². The van der Waals surface area contributed by atoms with Gasteiger partial charge in [-0.15, -0.1) is 0 Å². The lowest BCUT2D eigenvalue weighted by Gasteiger charge is -2.37. The Morgan fingerprint density at radius 2 is 1.96 bits per heavy atom. The van der Waals surface area contributed by atoms with Gasteiger partial charge in [-0.05, 0) is 41.7 Å². The molecule has 25 heavy (non-hydrogen) atoms. The number of hydrogen-bond donors (Lipinski definition) is 1. The second kappa shape index (κ2) is 5.99. The first-order valence-corrected chi connectivity index (χ1v) is 8.19. The molecule has 2 aromatic rings. The molecule has 1 aliphatic heterocycles. The summed E-state index contributed by atoms with van der Waals surface area (Å²) < 4.78 is 32.7. The molecule has 0 unspecified atom stereocenters. The van der Waals surface area contributed by atoms with E-state index in [0.29, 0.717) is 16.8 Å². The third-order valence-electron chi connectivity index (χ3n) is 5.08. The van der Waals surface area contributed by atoms with Gasteiger partial charge in [-0.3, -0.25) is 0 Å². The van der Waals surface area contributed by atoms with Crippen LogP contribution in [0.1, 0.15) is 39.9 Å². The van der Waals surface area contributed by atoms with Crippen LogP contribution >= 0.6 is 0 Å². The highest BCUT2D eigenvalue weighted by atomic mass is 19.1. The van der Waals surface area contributed by atoms with E-state index >= 15 is 0 Å². The van der Waals surface area contributed by atoms with Gasteiger partial charge in [0.25, 0.3) is 0 Å². The number of rotatable bonds is 2. The van der Waals surface area contributed by atoms with Crippen molar-refractivity contribution in [2.75, 3.05) is 12.4 Å². The Balaban J connectivity index is 1.73. The summed E-state index contributed by atoms with van der Waals surface area (Å²) in [6.45, 7) is 0. The molecule has 1 N–H and O–H groups in total. The number of halogens is 2. The zero-order chi connectivity index (χ0) is 17.6. The Bertz CT molecular complexity index is 861. The third-order valence-corrected chi connectivity index (χ3v) is 5.08. The van der Waals surface area contributed by atoms with Gasteiger partial charge in [-0.1, -0.05) is 24.3 Å². The number of methoxy groups -OCH3 is 1. The van der Waals surface area contributed by atoms with Crippen LogP contribution in [0.15, 0.2) is 48.6 Å². The average molecular weight is 341 g/mol. The van der Waals surface area contributed by atoms with E-state index < -0.39 is 17.6 Å². The maximum Gasteiger partial charge on any atom is 0.337 e. The summed E-state index contributed by atoms with van der Waals surface area (Å²) in [5.41, 5.74) is 2.45. The summed E-state index contributed by atoms with van der Waals surface area (Å²) in [6.07, 6.45) is 4.92. The molecule has 0 saturated carbocycles. The number of hydrogen-bond acceptors (Lipinski definition) is 3. The zero-order valence-electron chi connectivity index (χ0n) is 13.6. The van der Waals surface area contributed by atoms with E-state index in [4.69, 9.17) is 4.74 Å². The number of allylic oxidation sites excluding steroid dienone is 2. The summed E-state index contributed by atoms with van der Waals surface area (Å²) in [7, 11) is 1.34. The van der Waals surface area contributed by atoms with Crippen molar-refractivity contribution in [1.82, 2.24) is 0 Å². The normalized spacial score (nSPS) is 23.6. The largest absolute Gasteiger partial charge is 0.465 e. The van der Waals surface area contributed by atoms with Crippen molar-refractivity contribution in [3.05, 3.63) is 76.9 Å². The van der Waals surface area contributed by atoms with Crippen LogP contribution in [0.3, 0.4) is 0 Å². The first-order chi connectivity index (χ1) is 12.1. The minimum Gasteiger partial charge on any atom is -0.465 e. The van der Waals surface area contributed by atoms with Gasteiger partial charge in [0.15, 0.2) is 0 Å². The van der Waals surface area contributed by atoms with Gasteiger partial charge in [0.05, 0.1) is 24.4 Å². The number of esters is 1. The molecule has 3 nitrogen and oxygen atoms in total. The van der Waals surface area contributed by atoms with E-state index in [1.54, 1.807) is 12.1 Å². The lowest BCUT2D eigenvalue weighted by Crippen LogP contribution is -2.30. The fourth-order valence-corrected chi connectivity index (χ4v) is 3.90. The van der Waals surface area contributed by atoms with Crippen molar-refractivity contribution >= 4 is 11.7 Å². The van der Waals surface area contributed by atoms with Crippen LogP contribution in [0.5, 0.6) is 0 Å². The predicted molar refractivity (Wildman–Crippen MR) is 90.5 cm³/mol. The number of ether oxygens (including phenoxy) is 1. The van der Waals surface area contributed by atoms with Gasteiger partial charge < -0.3 is 10.1 Å². The second-order valence-electron chi connectivity index (χ2n) is 6.44. The van der Waals surface area contributed by atoms with E-state index in [0.717, 1.165) is 18.1 Å². The predicted octanol–water partition coefficient (Wildman–Crippen LogP) is 4.58. The molecule has 0 saturated heterocycles. The number of carbonyl (C=O) groups is 1. The van der Waals surface area contributed by atoms with E-state index in [1.165, 1.54) is 13.2 Å². The summed E-state index contributed by atoms with van der Waals surface area (Å²) in [5, 5.41) is 3.25. The summed E-state index contributed by atoms with van der Waals surface area (Å²) in [5.74, 6) is -1.37. The van der Waals surface area contributed by atoms with Gasteiger partial charge in [-0.2, -0.15) is 0 Å². The lowest BCUT2D eigenvalue weighted by molar-refractivity contribution is 0.0600. The number of nitrogens with one attached hydrogen (secondary N) is 1. The van der Waals surface area contributed by atoms with Crippen molar-refractivity contribution in [2.24, 2.45) is 5.92 Å². The van der Waals surface area contributed by atoms with Crippen LogP contribution in [0.2, 0.25) is 0 Å². The molecule has 1 aliphatic carbocycles. The molecule has 2 aromatic carbocycles. The highest BCUT2D eigenvalue weighted by molar-refractivity contribution is 5.89. The van der Waals surface area contributed by atoms with Crippen LogP contribution < -0.4 is 5.32 Å². The standard InChI is InChI=1S/C20H17F2NO2/c1-25-20(24)12-7-5-11(6-8-12)18-15-4-2-3-14(15)16-9-13(21)10-17(22)19(16)23-18/h2-3,5-10,14-15,18,23H,4H2,1H3/t14-,15-,18+/m1/s1. The number of fused-ring (bicyclic) bond motifs is 3. The number of benzene rings is 2. The molecule has 0 bridgehead atoms. The van der Waals surface area contributed by atoms with Crippen molar-refractivity contribution in [3.63, 3.8) is 0 Å². The Morgan fingerprint density at radius 1 is 1.20 bits per heavy atom. The second-order valence-corrected chi connectivity index (χ2v) is 6.44. The Morgan fingerprint density at radius 3 is 2.68 bits per heavy atom. The molecule has 5 heteroatoms. The zero-order valence-corrected chi connectivity index (χ0v) is 13.6. The molecule has 128 valence electrons. The van der Waals surface area contributed by atoms with Gasteiger partial charge in [-0.25, -0.2) is 13.6 Å². The fraction of sp³-hybridized carbons (Fsp3) is 0.250. The highest BCUT2D eigenvalue weighted by Gasteiger charge is 2.39. The molecule has 0 aromatic heterocycles. The molecular formula is C20H17F2NO2. The van der Waals surface area contributed by atoms with Gasteiger partial charge in [0.1, 0.15) is 11.6 Å². The van der Waals surface area contributed by atoms with E-state index in [2.05, 4.69) is 11.4 Å². The average Bonchev–Trinajstić information content (AvgIpc) is 3.11. The van der Waals surface area contributed by atoms with Crippen LogP contribution in [-0.4, -0.2) is 13.1 Å². The topological polar surface area (TPSA) is 38.3 Å². The quantitative estimate of drug-likeness (QED) is 0.642.